The molecule has 1 unspecified atom stereocenters. The number of benzene rings is 2. The summed E-state index contributed by atoms with van der Waals surface area (Å²) in [4.78, 5) is 29.1. The molecule has 0 aromatic heterocycles. The zero-order chi connectivity index (χ0) is 16.5. The van der Waals surface area contributed by atoms with E-state index in [-0.39, 0.29) is 24.4 Å². The van der Waals surface area contributed by atoms with E-state index in [1.165, 1.54) is 5.56 Å². The smallest absolute Gasteiger partial charge is 0.242 e. The summed E-state index contributed by atoms with van der Waals surface area (Å²) < 4.78 is 0. The maximum Gasteiger partial charge on any atom is 0.242 e. The van der Waals surface area contributed by atoms with Gasteiger partial charge >= 0.3 is 0 Å². The molecule has 122 valence electrons. The number of fused-ring (bicyclic) bond motifs is 3. The molecule has 4 heteroatoms. The zero-order valence-corrected chi connectivity index (χ0v) is 13.5. The van der Waals surface area contributed by atoms with Gasteiger partial charge in [-0.15, -0.1) is 0 Å². The van der Waals surface area contributed by atoms with Crippen molar-refractivity contribution in [3.63, 3.8) is 0 Å². The van der Waals surface area contributed by atoms with Gasteiger partial charge in [-0.2, -0.15) is 0 Å². The van der Waals surface area contributed by atoms with E-state index in [1.807, 2.05) is 47.4 Å². The van der Waals surface area contributed by atoms with E-state index in [0.717, 1.165) is 17.5 Å². The fourth-order valence-electron chi connectivity index (χ4n) is 3.75. The van der Waals surface area contributed by atoms with Crippen LogP contribution in [0, 0.1) is 0 Å². The summed E-state index contributed by atoms with van der Waals surface area (Å²) >= 11 is 0. The summed E-state index contributed by atoms with van der Waals surface area (Å²) in [6, 6.07) is 17.9. The summed E-state index contributed by atoms with van der Waals surface area (Å²) in [5.41, 5.74) is 3.45. The number of amides is 2. The normalized spacial score (nSPS) is 20.4. The van der Waals surface area contributed by atoms with Gasteiger partial charge in [-0.05, 0) is 23.1 Å². The van der Waals surface area contributed by atoms with Crippen LogP contribution in [0.15, 0.2) is 54.6 Å². The van der Waals surface area contributed by atoms with Crippen molar-refractivity contribution in [2.45, 2.75) is 25.4 Å². The Labute approximate surface area is 141 Å². The maximum atomic E-state index is 12.8. The van der Waals surface area contributed by atoms with Crippen LogP contribution in [-0.4, -0.2) is 34.7 Å². The van der Waals surface area contributed by atoms with Crippen LogP contribution in [-0.2, 0) is 22.6 Å². The molecular formula is C20H20N2O2. The molecule has 1 atom stereocenters. The Morgan fingerprint density at radius 1 is 0.917 bits per heavy atom. The Hall–Kier alpha value is -2.62. The van der Waals surface area contributed by atoms with Crippen molar-refractivity contribution >= 4 is 11.8 Å². The molecule has 2 aromatic rings. The molecule has 0 bridgehead atoms. The van der Waals surface area contributed by atoms with Gasteiger partial charge in [-0.3, -0.25) is 9.59 Å². The Morgan fingerprint density at radius 2 is 1.67 bits per heavy atom. The summed E-state index contributed by atoms with van der Waals surface area (Å²) in [6.45, 7) is 1.37. The summed E-state index contributed by atoms with van der Waals surface area (Å²) in [5, 5.41) is 0. The number of hydrogen-bond acceptors (Lipinski definition) is 2. The minimum Gasteiger partial charge on any atom is -0.333 e. The highest BCUT2D eigenvalue weighted by molar-refractivity contribution is 5.88. The summed E-state index contributed by atoms with van der Waals surface area (Å²) in [5.74, 6) is 0.104. The highest BCUT2D eigenvalue weighted by Gasteiger charge is 2.37. The van der Waals surface area contributed by atoms with Crippen molar-refractivity contribution < 1.29 is 9.59 Å². The Kier molecular flexibility index (Phi) is 3.81. The molecule has 1 saturated heterocycles. The highest BCUT2D eigenvalue weighted by Crippen LogP contribution is 2.34. The molecule has 0 spiro atoms. The van der Waals surface area contributed by atoms with Crippen LogP contribution < -0.4 is 0 Å². The second-order valence-corrected chi connectivity index (χ2v) is 6.49. The SMILES string of the molecule is O=C1CC2c3ccccc3CCN2C(=O)CN1Cc1ccccc1. The molecule has 2 amide bonds. The van der Waals surface area contributed by atoms with Gasteiger partial charge in [-0.1, -0.05) is 54.6 Å². The third kappa shape index (κ3) is 2.68. The molecule has 0 saturated carbocycles. The standard InChI is InChI=1S/C20H20N2O2/c23-19-12-18-17-9-5-4-8-16(17)10-11-22(18)20(24)14-21(19)13-15-6-2-1-3-7-15/h1-9,18H,10-14H2. The first-order valence-corrected chi connectivity index (χ1v) is 8.41. The first kappa shape index (κ1) is 14.9. The maximum absolute atomic E-state index is 12.8. The third-order valence-corrected chi connectivity index (χ3v) is 5.00. The topological polar surface area (TPSA) is 40.6 Å². The second kappa shape index (κ2) is 6.11. The molecule has 0 aliphatic carbocycles. The molecule has 24 heavy (non-hydrogen) atoms. The van der Waals surface area contributed by atoms with Crippen LogP contribution in [0.1, 0.15) is 29.2 Å². The number of nitrogens with zero attached hydrogens (tertiary/aromatic N) is 2. The van der Waals surface area contributed by atoms with Gasteiger partial charge in [0.15, 0.2) is 0 Å². The Balaban J connectivity index is 1.62. The van der Waals surface area contributed by atoms with Crippen molar-refractivity contribution in [1.29, 1.82) is 0 Å². The van der Waals surface area contributed by atoms with Gasteiger partial charge in [0, 0.05) is 13.1 Å². The minimum atomic E-state index is -0.115. The monoisotopic (exact) mass is 320 g/mol. The molecule has 4 rings (SSSR count). The molecule has 2 heterocycles. The Bertz CT molecular complexity index is 772. The summed E-state index contributed by atoms with van der Waals surface area (Å²) in [7, 11) is 0. The third-order valence-electron chi connectivity index (χ3n) is 5.00. The molecule has 2 aromatic carbocycles. The number of carbonyl (C=O) groups is 2. The molecule has 2 aliphatic rings. The van der Waals surface area contributed by atoms with Crippen LogP contribution in [0.2, 0.25) is 0 Å². The van der Waals surface area contributed by atoms with Gasteiger partial charge in [0.1, 0.15) is 6.54 Å². The molecule has 0 radical (unpaired) electrons. The van der Waals surface area contributed by atoms with Crippen molar-refractivity contribution in [1.82, 2.24) is 9.80 Å². The lowest BCUT2D eigenvalue weighted by atomic mass is 9.91. The van der Waals surface area contributed by atoms with Crippen molar-refractivity contribution in [3.05, 3.63) is 71.3 Å². The number of rotatable bonds is 2. The van der Waals surface area contributed by atoms with Crippen molar-refractivity contribution in [3.8, 4) is 0 Å². The van der Waals surface area contributed by atoms with E-state index in [2.05, 4.69) is 12.1 Å². The molecule has 4 nitrogen and oxygen atoms in total. The largest absolute Gasteiger partial charge is 0.333 e. The predicted molar refractivity (Wildman–Crippen MR) is 91.1 cm³/mol. The first-order chi connectivity index (χ1) is 11.7. The van der Waals surface area contributed by atoms with Crippen LogP contribution >= 0.6 is 0 Å². The average Bonchev–Trinajstić information content (AvgIpc) is 2.73. The lowest BCUT2D eigenvalue weighted by Gasteiger charge is -2.35. The van der Waals surface area contributed by atoms with Crippen LogP contribution in [0.3, 0.4) is 0 Å². The van der Waals surface area contributed by atoms with Gasteiger partial charge in [0.05, 0.1) is 12.5 Å². The minimum absolute atomic E-state index is 0.0521. The lowest BCUT2D eigenvalue weighted by molar-refractivity contribution is -0.137. The van der Waals surface area contributed by atoms with E-state index >= 15 is 0 Å². The molecular weight excluding hydrogens is 300 g/mol. The van der Waals surface area contributed by atoms with Crippen LogP contribution in [0.5, 0.6) is 0 Å². The average molecular weight is 320 g/mol. The fraction of sp³-hybridized carbons (Fsp3) is 0.300. The van der Waals surface area contributed by atoms with E-state index in [9.17, 15) is 9.59 Å². The van der Waals surface area contributed by atoms with Gasteiger partial charge in [-0.25, -0.2) is 0 Å². The van der Waals surface area contributed by atoms with E-state index in [4.69, 9.17) is 0 Å². The van der Waals surface area contributed by atoms with E-state index < -0.39 is 0 Å². The number of carbonyl (C=O) groups excluding carboxylic acids is 2. The van der Waals surface area contributed by atoms with E-state index in [1.54, 1.807) is 4.90 Å². The quantitative estimate of drug-likeness (QED) is 0.853. The van der Waals surface area contributed by atoms with Crippen molar-refractivity contribution in [2.24, 2.45) is 0 Å². The molecule has 2 aliphatic heterocycles. The summed E-state index contributed by atoms with van der Waals surface area (Å²) in [6.07, 6.45) is 1.24. The van der Waals surface area contributed by atoms with E-state index in [0.29, 0.717) is 19.5 Å². The molecule has 1 fully saturated rings. The highest BCUT2D eigenvalue weighted by atomic mass is 16.2. The first-order valence-electron chi connectivity index (χ1n) is 8.41. The fourth-order valence-corrected chi connectivity index (χ4v) is 3.75. The zero-order valence-electron chi connectivity index (χ0n) is 13.5. The lowest BCUT2D eigenvalue weighted by Crippen LogP contribution is -2.41. The molecule has 0 N–H and O–H groups in total. The predicted octanol–water partition coefficient (Wildman–Crippen LogP) is 2.54. The van der Waals surface area contributed by atoms with Crippen LogP contribution in [0.25, 0.3) is 0 Å². The van der Waals surface area contributed by atoms with Crippen LogP contribution in [0.4, 0.5) is 0 Å². The number of hydrogen-bond donors (Lipinski definition) is 0. The van der Waals surface area contributed by atoms with Gasteiger partial charge in [0.25, 0.3) is 0 Å². The van der Waals surface area contributed by atoms with Gasteiger partial charge in [0.2, 0.25) is 11.8 Å². The van der Waals surface area contributed by atoms with Gasteiger partial charge < -0.3 is 9.80 Å². The Morgan fingerprint density at radius 3 is 2.50 bits per heavy atom. The second-order valence-electron chi connectivity index (χ2n) is 6.49. The van der Waals surface area contributed by atoms with Crippen molar-refractivity contribution in [2.75, 3.05) is 13.1 Å².